The maximum absolute atomic E-state index is 14.9. The van der Waals surface area contributed by atoms with Crippen LogP contribution in [0.5, 0.6) is 11.5 Å². The summed E-state index contributed by atoms with van der Waals surface area (Å²) in [7, 11) is 0. The Bertz CT molecular complexity index is 3700. The molecule has 36 heteroatoms. The molecule has 3 aromatic heterocycles. The Morgan fingerprint density at radius 2 is 1.00 bits per heavy atom. The molecule has 6 aromatic rings. The molecule has 8 amide bonds. The zero-order valence-corrected chi connectivity index (χ0v) is 52.9. The number of hydrogen-bond donors (Lipinski definition) is 19. The number of aromatic amines is 3. The Morgan fingerprint density at radius 1 is 0.561 bits per heavy atom. The summed E-state index contributed by atoms with van der Waals surface area (Å²) >= 11 is 0. The number of carbonyl (C=O) groups is 11. The number of alkyl halides is 3. The molecule has 3 aromatic carbocycles. The van der Waals surface area contributed by atoms with Gasteiger partial charge in [-0.2, -0.15) is 13.2 Å². The molecule has 0 aliphatic carbocycles. The normalized spacial score (nSPS) is 13.9. The maximum atomic E-state index is 14.9. The van der Waals surface area contributed by atoms with Crippen molar-refractivity contribution < 1.29 is 91.4 Å². The number of carbonyl (C=O) groups excluding carboxylic acids is 8. The molecule has 0 aliphatic rings. The topological polar surface area (TPSA) is 549 Å². The van der Waals surface area contributed by atoms with Crippen LogP contribution in [0.15, 0.2) is 109 Å². The number of carboxylic acids is 3. The van der Waals surface area contributed by atoms with E-state index in [9.17, 15) is 81.5 Å². The fourth-order valence-corrected chi connectivity index (χ4v) is 9.67. The smallest absolute Gasteiger partial charge is 0.490 e. The van der Waals surface area contributed by atoms with Gasteiger partial charge in [0.25, 0.3) is 0 Å². The largest absolute Gasteiger partial charge is 0.508 e. The van der Waals surface area contributed by atoms with Crippen molar-refractivity contribution >= 4 is 82.0 Å². The summed E-state index contributed by atoms with van der Waals surface area (Å²) in [6, 6.07) is 6.35. The predicted octanol–water partition coefficient (Wildman–Crippen LogP) is -0.942. The van der Waals surface area contributed by atoms with Gasteiger partial charge in [0.05, 0.1) is 19.2 Å². The van der Waals surface area contributed by atoms with E-state index >= 15 is 0 Å². The molecule has 0 fully saturated rings. The van der Waals surface area contributed by atoms with Crippen molar-refractivity contribution in [2.24, 2.45) is 28.1 Å². The van der Waals surface area contributed by atoms with E-state index in [4.69, 9.17) is 27.1 Å². The second-order valence-corrected chi connectivity index (χ2v) is 22.5. The first kappa shape index (κ1) is 77.1. The van der Waals surface area contributed by atoms with Crippen LogP contribution in [0.2, 0.25) is 0 Å². The number of carboxylic acid groups (broad SMARTS) is 3. The summed E-state index contributed by atoms with van der Waals surface area (Å²) in [5, 5.41) is 68.7. The third-order valence-electron chi connectivity index (χ3n) is 15.1. The molecule has 6 rings (SSSR count). The van der Waals surface area contributed by atoms with Gasteiger partial charge in [0.2, 0.25) is 47.3 Å². The van der Waals surface area contributed by atoms with Crippen LogP contribution in [-0.2, 0) is 84.8 Å². The monoisotopic (exact) mass is 1370 g/mol. The number of imidazole rings is 2. The summed E-state index contributed by atoms with van der Waals surface area (Å²) in [6.45, 7) is 2.86. The number of amides is 8. The Hall–Kier alpha value is -11.6. The number of phenolic OH excluding ortho intramolecular Hbond substituents is 2. The lowest BCUT2D eigenvalue weighted by atomic mass is 9.96. The highest BCUT2D eigenvalue weighted by atomic mass is 19.4. The first-order valence-electron chi connectivity index (χ1n) is 30.4. The van der Waals surface area contributed by atoms with Crippen LogP contribution >= 0.6 is 0 Å². The van der Waals surface area contributed by atoms with Gasteiger partial charge in [-0.05, 0) is 72.2 Å². The SMILES string of the molecule is CC[C@H](C)[C@H](NC(=O)[C@H](Cc1c[nH]c2ccccc12)NC(=O)[C@H](CCCN=C(N)N)NC(=O)[C@H](CCC(=O)O)NC(=O)[C@H](Cc1ccc(O)cc1)NC(=O)[C@H](Cc1cnc[nH]1)NC(=O)[C@H](Cc1ccc(O)cc1)NC(=O)CN)C(=O)N[C@@H](Cc1cnc[nH]1)C(=O)O.O=C(O)C(F)(F)F. The second-order valence-electron chi connectivity index (χ2n) is 22.5. The zero-order chi connectivity index (χ0) is 72.2. The molecule has 0 saturated heterocycles. The molecule has 0 spiro atoms. The lowest BCUT2D eigenvalue weighted by molar-refractivity contribution is -0.192. The minimum absolute atomic E-state index is 0.0230. The van der Waals surface area contributed by atoms with Crippen LogP contribution in [0, 0.1) is 5.92 Å². The number of aliphatic carboxylic acids is 3. The number of phenols is 2. The van der Waals surface area contributed by atoms with Gasteiger partial charge in [-0.1, -0.05) is 62.7 Å². The molecule has 3 heterocycles. The third-order valence-corrected chi connectivity index (χ3v) is 15.1. The average molecular weight is 1370 g/mol. The van der Waals surface area contributed by atoms with Crippen molar-refractivity contribution in [3.8, 4) is 11.5 Å². The fourth-order valence-electron chi connectivity index (χ4n) is 9.67. The van der Waals surface area contributed by atoms with Crippen LogP contribution < -0.4 is 59.7 Å². The quantitative estimate of drug-likeness (QED) is 0.0128. The number of fused-ring (bicyclic) bond motifs is 1. The van der Waals surface area contributed by atoms with Crippen molar-refractivity contribution in [3.05, 3.63) is 132 Å². The lowest BCUT2D eigenvalue weighted by Crippen LogP contribution is -2.61. The first-order chi connectivity index (χ1) is 46.4. The van der Waals surface area contributed by atoms with E-state index in [1.165, 1.54) is 73.6 Å². The number of nitrogens with two attached hydrogens (primary N) is 3. The van der Waals surface area contributed by atoms with Gasteiger partial charge in [0.15, 0.2) is 5.96 Å². The average Bonchev–Trinajstić information content (AvgIpc) is 1.58. The predicted molar refractivity (Wildman–Crippen MR) is 342 cm³/mol. The molecule has 528 valence electrons. The Labute approximate surface area is 556 Å². The number of para-hydroxylation sites is 1. The van der Waals surface area contributed by atoms with E-state index in [0.29, 0.717) is 45.4 Å². The summed E-state index contributed by atoms with van der Waals surface area (Å²) in [5.74, 6) is -13.9. The number of guanidine groups is 1. The van der Waals surface area contributed by atoms with Crippen molar-refractivity contribution in [2.45, 2.75) is 133 Å². The summed E-state index contributed by atoms with van der Waals surface area (Å²) < 4.78 is 31.7. The van der Waals surface area contributed by atoms with Crippen LogP contribution in [-0.4, -0.2) is 189 Å². The molecule has 0 aliphatic heterocycles. The van der Waals surface area contributed by atoms with Gasteiger partial charge in [0, 0.05) is 86.0 Å². The van der Waals surface area contributed by atoms with E-state index in [-0.39, 0.29) is 68.9 Å². The fraction of sp³-hybridized carbons (Fsp3) is 0.387. The van der Waals surface area contributed by atoms with Crippen LogP contribution in [0.1, 0.15) is 74.0 Å². The van der Waals surface area contributed by atoms with Crippen LogP contribution in [0.3, 0.4) is 0 Å². The summed E-state index contributed by atoms with van der Waals surface area (Å²) in [4.78, 5) is 169. The van der Waals surface area contributed by atoms with E-state index in [0.717, 1.165) is 0 Å². The van der Waals surface area contributed by atoms with Gasteiger partial charge >= 0.3 is 24.1 Å². The molecule has 0 saturated carbocycles. The number of rotatable bonds is 36. The summed E-state index contributed by atoms with van der Waals surface area (Å²) in [6.07, 6.45) is -0.249. The number of aliphatic imine (C=N–C) groups is 1. The van der Waals surface area contributed by atoms with Gasteiger partial charge in [0.1, 0.15) is 59.8 Å². The highest BCUT2D eigenvalue weighted by molar-refractivity contribution is 5.99. The Morgan fingerprint density at radius 3 is 1.46 bits per heavy atom. The third kappa shape index (κ3) is 25.3. The van der Waals surface area contributed by atoms with E-state index in [1.54, 1.807) is 44.3 Å². The molecule has 98 heavy (non-hydrogen) atoms. The summed E-state index contributed by atoms with van der Waals surface area (Å²) in [5.41, 5.74) is 19.6. The number of hydrogen-bond acceptors (Lipinski definition) is 17. The van der Waals surface area contributed by atoms with Crippen LogP contribution in [0.25, 0.3) is 10.9 Å². The molecule has 9 atom stereocenters. The number of nitrogens with zero attached hydrogens (tertiary/aromatic N) is 3. The molecule has 0 bridgehead atoms. The molecule has 22 N–H and O–H groups in total. The Balaban J connectivity index is 0.00000234. The molecular formula is C62H78F3N17O16. The standard InChI is InChI=1S/C60H77N17O14.C2HF3O2/c1-3-32(2)51(58(89)76-48(59(90)91)25-37-29-65-31-69-37)77-57(88)46(23-35-27-67-41-8-5-4-7-40(35)41)74-52(83)42(9-6-20-66-60(62)63)71-53(84)43(18-19-50(81)82)72-55(86)45(22-34-12-16-39(79)17-13-34)73-56(87)47(24-36-28-64-30-68-36)75-54(85)44(70-49(80)26-61)21-33-10-14-38(78)15-11-33;3-2(4,5)1(6)7/h4-5,7-8,10-17,27-32,42-48,51,67,78-79H,3,6,9,18-26,61H2,1-2H3,(H,64,68)(H,65,69)(H,70,80)(H,71,84)(H,72,86)(H,73,87)(H,74,83)(H,75,85)(H,76,89)(H,77,88)(H,81,82)(H,90,91)(H4,62,63,66);(H,6,7)/t32-,42-,43-,44-,45-,46-,47-,48-,51-;/m0./s1. The van der Waals surface area contributed by atoms with Gasteiger partial charge in [-0.15, -0.1) is 0 Å². The van der Waals surface area contributed by atoms with Crippen LogP contribution in [0.4, 0.5) is 13.2 Å². The number of aromatic hydroxyl groups is 2. The minimum atomic E-state index is -5.08. The molecule has 0 unspecified atom stereocenters. The first-order valence-corrected chi connectivity index (χ1v) is 30.4. The zero-order valence-electron chi connectivity index (χ0n) is 52.9. The number of nitrogens with one attached hydrogen (secondary N) is 11. The van der Waals surface area contributed by atoms with Crippen molar-refractivity contribution in [3.63, 3.8) is 0 Å². The van der Waals surface area contributed by atoms with Crippen molar-refractivity contribution in [1.29, 1.82) is 0 Å². The molecule has 33 nitrogen and oxygen atoms in total. The highest BCUT2D eigenvalue weighted by Crippen LogP contribution is 2.21. The van der Waals surface area contributed by atoms with Gasteiger partial charge in [-0.25, -0.2) is 19.6 Å². The molecule has 0 radical (unpaired) electrons. The number of halogens is 3. The minimum Gasteiger partial charge on any atom is -0.508 e. The van der Waals surface area contributed by atoms with Gasteiger partial charge < -0.3 is 100 Å². The van der Waals surface area contributed by atoms with Crippen molar-refractivity contribution in [2.75, 3.05) is 13.1 Å². The number of aromatic nitrogens is 5. The van der Waals surface area contributed by atoms with E-state index in [1.807, 2.05) is 0 Å². The Kier molecular flexibility index (Phi) is 29.5. The second kappa shape index (κ2) is 37.5. The van der Waals surface area contributed by atoms with Gasteiger partial charge in [-0.3, -0.25) is 48.1 Å². The van der Waals surface area contributed by atoms with E-state index in [2.05, 4.69) is 72.4 Å². The van der Waals surface area contributed by atoms with Crippen molar-refractivity contribution in [1.82, 2.24) is 67.5 Å². The van der Waals surface area contributed by atoms with E-state index < -0.39 is 145 Å². The maximum Gasteiger partial charge on any atom is 0.490 e. The number of H-pyrrole nitrogens is 3. The number of benzene rings is 3. The lowest BCUT2D eigenvalue weighted by Gasteiger charge is -2.29. The highest BCUT2D eigenvalue weighted by Gasteiger charge is 2.39. The molecular weight excluding hydrogens is 1300 g/mol.